The van der Waals surface area contributed by atoms with Gasteiger partial charge in [0.15, 0.2) is 11.7 Å². The molecule has 27 heavy (non-hydrogen) atoms. The van der Waals surface area contributed by atoms with E-state index in [1.54, 1.807) is 0 Å². The Morgan fingerprint density at radius 1 is 1.22 bits per heavy atom. The second-order valence-electron chi connectivity index (χ2n) is 6.55. The Bertz CT molecular complexity index is 936. The van der Waals surface area contributed by atoms with Crippen molar-refractivity contribution in [3.8, 4) is 17.0 Å². The lowest BCUT2D eigenvalue weighted by molar-refractivity contribution is -0.118. The number of ether oxygens (including phenoxy) is 1. The lowest BCUT2D eigenvalue weighted by Crippen LogP contribution is -2.20. The highest BCUT2D eigenvalue weighted by Gasteiger charge is 2.10. The van der Waals surface area contributed by atoms with E-state index >= 15 is 0 Å². The molecule has 3 rings (SSSR count). The predicted molar refractivity (Wildman–Crippen MR) is 115 cm³/mol. The van der Waals surface area contributed by atoms with Gasteiger partial charge in [-0.3, -0.25) is 10.1 Å². The van der Waals surface area contributed by atoms with Crippen molar-refractivity contribution < 1.29 is 9.53 Å². The molecule has 6 heteroatoms. The molecule has 0 aliphatic heterocycles. The predicted octanol–water partition coefficient (Wildman–Crippen LogP) is 6.02. The molecule has 1 heterocycles. The Labute approximate surface area is 171 Å². The number of nitrogens with one attached hydrogen (secondary N) is 1. The van der Waals surface area contributed by atoms with Crippen molar-refractivity contribution in [2.75, 3.05) is 11.9 Å². The van der Waals surface area contributed by atoms with Crippen molar-refractivity contribution in [2.24, 2.45) is 0 Å². The summed E-state index contributed by atoms with van der Waals surface area (Å²) in [5.74, 6) is 0.936. The van der Waals surface area contributed by atoms with E-state index in [2.05, 4.69) is 53.1 Å². The second kappa shape index (κ2) is 8.67. The molecule has 0 aliphatic carbocycles. The van der Waals surface area contributed by atoms with Crippen molar-refractivity contribution in [3.63, 3.8) is 0 Å². The third-order valence-corrected chi connectivity index (χ3v) is 5.41. The Kier molecular flexibility index (Phi) is 6.29. The van der Waals surface area contributed by atoms with Crippen LogP contribution in [-0.4, -0.2) is 17.5 Å². The first-order valence-electron chi connectivity index (χ1n) is 8.67. The minimum atomic E-state index is -0.225. The van der Waals surface area contributed by atoms with Gasteiger partial charge in [0.05, 0.1) is 5.69 Å². The molecular weight excluding hydrogens is 424 g/mol. The monoisotopic (exact) mass is 444 g/mol. The van der Waals surface area contributed by atoms with Gasteiger partial charge in [-0.1, -0.05) is 48.0 Å². The van der Waals surface area contributed by atoms with Gasteiger partial charge in [0.25, 0.3) is 5.91 Å². The van der Waals surface area contributed by atoms with Gasteiger partial charge >= 0.3 is 0 Å². The van der Waals surface area contributed by atoms with Crippen LogP contribution < -0.4 is 10.1 Å². The highest BCUT2D eigenvalue weighted by atomic mass is 79.9. The second-order valence-corrected chi connectivity index (χ2v) is 8.33. The van der Waals surface area contributed by atoms with E-state index in [-0.39, 0.29) is 12.5 Å². The Morgan fingerprint density at radius 2 is 1.96 bits per heavy atom. The number of carbonyl (C=O) groups excluding carboxylic acids is 1. The van der Waals surface area contributed by atoms with Crippen molar-refractivity contribution >= 4 is 38.3 Å². The molecule has 4 nitrogen and oxygen atoms in total. The zero-order valence-corrected chi connectivity index (χ0v) is 17.9. The van der Waals surface area contributed by atoms with Crippen LogP contribution in [0.2, 0.25) is 0 Å². The quantitative estimate of drug-likeness (QED) is 0.505. The summed E-state index contributed by atoms with van der Waals surface area (Å²) in [6.45, 7) is 6.33. The van der Waals surface area contributed by atoms with Crippen LogP contribution in [0.3, 0.4) is 0 Å². The van der Waals surface area contributed by atoms with Crippen LogP contribution in [0, 0.1) is 6.92 Å². The fourth-order valence-corrected chi connectivity index (χ4v) is 3.77. The average Bonchev–Trinajstić information content (AvgIpc) is 3.08. The van der Waals surface area contributed by atoms with Gasteiger partial charge in [0, 0.05) is 15.4 Å². The smallest absolute Gasteiger partial charge is 0.264 e. The first kappa shape index (κ1) is 19.6. The third-order valence-electron chi connectivity index (χ3n) is 4.12. The summed E-state index contributed by atoms with van der Waals surface area (Å²) in [7, 11) is 0. The number of hydrogen-bond donors (Lipinski definition) is 1. The topological polar surface area (TPSA) is 51.2 Å². The number of benzene rings is 2. The molecule has 1 amide bonds. The number of anilines is 1. The van der Waals surface area contributed by atoms with E-state index in [4.69, 9.17) is 4.74 Å². The van der Waals surface area contributed by atoms with Crippen LogP contribution in [0.15, 0.2) is 52.3 Å². The molecule has 0 atom stereocenters. The Morgan fingerprint density at radius 3 is 2.63 bits per heavy atom. The fourth-order valence-electron chi connectivity index (χ4n) is 2.77. The molecule has 0 spiro atoms. The fraction of sp³-hybridized carbons (Fsp3) is 0.238. The molecule has 0 bridgehead atoms. The molecular formula is C21H21BrN2O2S. The number of aromatic nitrogens is 1. The van der Waals surface area contributed by atoms with Gasteiger partial charge < -0.3 is 4.74 Å². The lowest BCUT2D eigenvalue weighted by Gasteiger charge is -2.12. The maximum atomic E-state index is 12.2. The number of carbonyl (C=O) groups is 1. The minimum absolute atomic E-state index is 0.0480. The standard InChI is InChI=1S/C21H21BrN2O2S/c1-13(2)18-9-8-17(10-14(18)3)26-11-20(25)24-21-23-19(12-27-21)15-4-6-16(22)7-5-15/h4-10,12-13H,11H2,1-3H3,(H,23,24,25). The van der Waals surface area contributed by atoms with Crippen molar-refractivity contribution in [2.45, 2.75) is 26.7 Å². The van der Waals surface area contributed by atoms with Gasteiger partial charge in [-0.05, 0) is 48.2 Å². The molecule has 2 aromatic carbocycles. The van der Waals surface area contributed by atoms with E-state index in [0.29, 0.717) is 16.8 Å². The zero-order valence-electron chi connectivity index (χ0n) is 15.5. The number of nitrogens with zero attached hydrogens (tertiary/aromatic N) is 1. The molecule has 0 radical (unpaired) electrons. The van der Waals surface area contributed by atoms with Crippen LogP contribution in [0.25, 0.3) is 11.3 Å². The van der Waals surface area contributed by atoms with Gasteiger partial charge in [-0.25, -0.2) is 4.98 Å². The minimum Gasteiger partial charge on any atom is -0.484 e. The lowest BCUT2D eigenvalue weighted by atomic mass is 9.98. The number of hydrogen-bond acceptors (Lipinski definition) is 4. The average molecular weight is 445 g/mol. The highest BCUT2D eigenvalue weighted by molar-refractivity contribution is 9.10. The largest absolute Gasteiger partial charge is 0.484 e. The molecule has 0 saturated heterocycles. The number of thiazole rings is 1. The summed E-state index contributed by atoms with van der Waals surface area (Å²) in [4.78, 5) is 16.6. The van der Waals surface area contributed by atoms with Crippen molar-refractivity contribution in [1.29, 1.82) is 0 Å². The molecule has 140 valence electrons. The Hall–Kier alpha value is -2.18. The summed E-state index contributed by atoms with van der Waals surface area (Å²) < 4.78 is 6.64. The van der Waals surface area contributed by atoms with Crippen LogP contribution in [0.4, 0.5) is 5.13 Å². The maximum Gasteiger partial charge on any atom is 0.264 e. The number of amides is 1. The molecule has 0 unspecified atom stereocenters. The van der Waals surface area contributed by atoms with Crippen molar-refractivity contribution in [3.05, 3.63) is 63.4 Å². The zero-order chi connectivity index (χ0) is 19.4. The summed E-state index contributed by atoms with van der Waals surface area (Å²) in [5.41, 5.74) is 4.30. The molecule has 1 aromatic heterocycles. The van der Waals surface area contributed by atoms with Gasteiger partial charge in [0.1, 0.15) is 5.75 Å². The molecule has 0 fully saturated rings. The molecule has 3 aromatic rings. The summed E-state index contributed by atoms with van der Waals surface area (Å²) in [5, 5.41) is 5.28. The van der Waals surface area contributed by atoms with E-state index in [1.165, 1.54) is 22.5 Å². The van der Waals surface area contributed by atoms with Crippen LogP contribution in [-0.2, 0) is 4.79 Å². The summed E-state index contributed by atoms with van der Waals surface area (Å²) in [6, 6.07) is 13.8. The van der Waals surface area contributed by atoms with Crippen molar-refractivity contribution in [1.82, 2.24) is 4.98 Å². The van der Waals surface area contributed by atoms with Gasteiger partial charge in [-0.2, -0.15) is 0 Å². The van der Waals surface area contributed by atoms with Crippen LogP contribution in [0.1, 0.15) is 30.9 Å². The number of rotatable bonds is 6. The normalized spacial score (nSPS) is 10.9. The first-order chi connectivity index (χ1) is 12.9. The highest BCUT2D eigenvalue weighted by Crippen LogP contribution is 2.26. The third kappa shape index (κ3) is 5.17. The van der Waals surface area contributed by atoms with E-state index in [9.17, 15) is 4.79 Å². The van der Waals surface area contributed by atoms with E-state index in [0.717, 1.165) is 15.7 Å². The maximum absolute atomic E-state index is 12.2. The van der Waals surface area contributed by atoms with E-state index in [1.807, 2.05) is 41.8 Å². The SMILES string of the molecule is Cc1cc(OCC(=O)Nc2nc(-c3ccc(Br)cc3)cs2)ccc1C(C)C. The van der Waals surface area contributed by atoms with Crippen LogP contribution in [0.5, 0.6) is 5.75 Å². The van der Waals surface area contributed by atoms with Gasteiger partial charge in [0.2, 0.25) is 0 Å². The van der Waals surface area contributed by atoms with Crippen LogP contribution >= 0.6 is 27.3 Å². The summed E-state index contributed by atoms with van der Waals surface area (Å²) >= 11 is 4.81. The van der Waals surface area contributed by atoms with Gasteiger partial charge in [-0.15, -0.1) is 11.3 Å². The summed E-state index contributed by atoms with van der Waals surface area (Å²) in [6.07, 6.45) is 0. The first-order valence-corrected chi connectivity index (χ1v) is 10.3. The number of aryl methyl sites for hydroxylation is 1. The number of halogens is 1. The molecule has 1 N–H and O–H groups in total. The Balaban J connectivity index is 1.57. The van der Waals surface area contributed by atoms with E-state index < -0.39 is 0 Å². The molecule has 0 saturated carbocycles. The molecule has 0 aliphatic rings.